The zero-order valence-corrected chi connectivity index (χ0v) is 11.1. The first-order chi connectivity index (χ1) is 8.61. The van der Waals surface area contributed by atoms with E-state index in [1.807, 2.05) is 6.07 Å². The highest BCUT2D eigenvalue weighted by atomic mass is 19.1. The summed E-state index contributed by atoms with van der Waals surface area (Å²) in [7, 11) is 1.73. The van der Waals surface area contributed by atoms with Gasteiger partial charge in [-0.3, -0.25) is 0 Å². The molecule has 100 valence electrons. The summed E-state index contributed by atoms with van der Waals surface area (Å²) in [6.45, 7) is 4.46. The van der Waals surface area contributed by atoms with Crippen LogP contribution in [0.15, 0.2) is 12.1 Å². The molecule has 0 amide bonds. The summed E-state index contributed by atoms with van der Waals surface area (Å²) in [5.41, 5.74) is 8.05. The van der Waals surface area contributed by atoms with E-state index in [-0.39, 0.29) is 5.82 Å². The molecule has 0 radical (unpaired) electrons. The second kappa shape index (κ2) is 5.57. The van der Waals surface area contributed by atoms with Gasteiger partial charge in [-0.2, -0.15) is 0 Å². The molecule has 0 aliphatic carbocycles. The van der Waals surface area contributed by atoms with Gasteiger partial charge in [0.05, 0.1) is 18.0 Å². The van der Waals surface area contributed by atoms with Crippen LogP contribution in [0.3, 0.4) is 0 Å². The summed E-state index contributed by atoms with van der Waals surface area (Å²) < 4.78 is 18.6. The molecule has 1 saturated heterocycles. The summed E-state index contributed by atoms with van der Waals surface area (Å²) in [5.74, 6) is 0.301. The highest BCUT2D eigenvalue weighted by Crippen LogP contribution is 2.30. The number of nitrogen functional groups attached to an aromatic ring is 1. The number of hydrogen-bond acceptors (Lipinski definition) is 3. The Balaban J connectivity index is 2.18. The van der Waals surface area contributed by atoms with E-state index in [4.69, 9.17) is 10.5 Å². The Morgan fingerprint density at radius 3 is 3.00 bits per heavy atom. The lowest BCUT2D eigenvalue weighted by Crippen LogP contribution is -2.37. The van der Waals surface area contributed by atoms with Crippen molar-refractivity contribution < 1.29 is 9.13 Å². The van der Waals surface area contributed by atoms with Crippen molar-refractivity contribution in [1.82, 2.24) is 0 Å². The Kier molecular flexibility index (Phi) is 4.07. The quantitative estimate of drug-likeness (QED) is 0.840. The monoisotopic (exact) mass is 252 g/mol. The second-order valence-electron chi connectivity index (χ2n) is 5.07. The largest absolute Gasteiger partial charge is 0.397 e. The van der Waals surface area contributed by atoms with Gasteiger partial charge >= 0.3 is 0 Å². The zero-order chi connectivity index (χ0) is 13.1. The molecule has 1 aromatic rings. The Hall–Kier alpha value is -1.29. The Labute approximate surface area is 108 Å². The van der Waals surface area contributed by atoms with E-state index < -0.39 is 0 Å². The van der Waals surface area contributed by atoms with Gasteiger partial charge in [-0.15, -0.1) is 0 Å². The molecule has 4 heteroatoms. The van der Waals surface area contributed by atoms with Crippen LogP contribution in [0, 0.1) is 18.7 Å². The third-order valence-corrected chi connectivity index (χ3v) is 3.57. The Bertz CT molecular complexity index is 421. The van der Waals surface area contributed by atoms with Crippen LogP contribution in [0.4, 0.5) is 15.8 Å². The van der Waals surface area contributed by atoms with E-state index >= 15 is 0 Å². The van der Waals surface area contributed by atoms with Crippen molar-refractivity contribution >= 4 is 11.4 Å². The van der Waals surface area contributed by atoms with E-state index in [1.165, 1.54) is 12.5 Å². The summed E-state index contributed by atoms with van der Waals surface area (Å²) in [4.78, 5) is 2.24. The summed E-state index contributed by atoms with van der Waals surface area (Å²) in [6, 6.07) is 3.27. The van der Waals surface area contributed by atoms with Gasteiger partial charge in [0.2, 0.25) is 0 Å². The number of piperidine rings is 1. The molecule has 1 unspecified atom stereocenters. The lowest BCUT2D eigenvalue weighted by molar-refractivity contribution is 0.143. The normalized spacial score (nSPS) is 20.2. The molecule has 1 fully saturated rings. The molecule has 0 bridgehead atoms. The standard InChI is InChI=1S/C14H21FN2O/c1-10-6-14(13(16)7-12(10)15)17-5-3-4-11(8-17)9-18-2/h6-7,11H,3-5,8-9,16H2,1-2H3. The fraction of sp³-hybridized carbons (Fsp3) is 0.571. The van der Waals surface area contributed by atoms with Crippen LogP contribution in [0.25, 0.3) is 0 Å². The minimum absolute atomic E-state index is 0.235. The average molecular weight is 252 g/mol. The molecule has 0 spiro atoms. The topological polar surface area (TPSA) is 38.5 Å². The maximum Gasteiger partial charge on any atom is 0.128 e. The third kappa shape index (κ3) is 2.75. The van der Waals surface area contributed by atoms with Gasteiger partial charge < -0.3 is 15.4 Å². The van der Waals surface area contributed by atoms with Gasteiger partial charge in [-0.1, -0.05) is 0 Å². The first-order valence-corrected chi connectivity index (χ1v) is 6.41. The molecule has 1 heterocycles. The number of nitrogens with two attached hydrogens (primary N) is 1. The van der Waals surface area contributed by atoms with Crippen LogP contribution < -0.4 is 10.6 Å². The van der Waals surface area contributed by atoms with Crippen molar-refractivity contribution in [2.75, 3.05) is 37.4 Å². The average Bonchev–Trinajstić information content (AvgIpc) is 2.34. The van der Waals surface area contributed by atoms with E-state index in [9.17, 15) is 4.39 Å². The summed E-state index contributed by atoms with van der Waals surface area (Å²) in [5, 5.41) is 0. The molecule has 1 aromatic carbocycles. The van der Waals surface area contributed by atoms with Crippen LogP contribution >= 0.6 is 0 Å². The lowest BCUT2D eigenvalue weighted by atomic mass is 9.98. The molecular weight excluding hydrogens is 231 g/mol. The van der Waals surface area contributed by atoms with Gasteiger partial charge in [0.25, 0.3) is 0 Å². The fourth-order valence-corrected chi connectivity index (χ4v) is 2.61. The van der Waals surface area contributed by atoms with Gasteiger partial charge in [0.1, 0.15) is 5.82 Å². The van der Waals surface area contributed by atoms with E-state index in [2.05, 4.69) is 4.90 Å². The maximum atomic E-state index is 13.4. The highest BCUT2D eigenvalue weighted by molar-refractivity contribution is 5.69. The molecule has 2 rings (SSSR count). The van der Waals surface area contributed by atoms with Crippen LogP contribution in [0.5, 0.6) is 0 Å². The van der Waals surface area contributed by atoms with E-state index in [0.717, 1.165) is 31.8 Å². The highest BCUT2D eigenvalue weighted by Gasteiger charge is 2.21. The van der Waals surface area contributed by atoms with Crippen LogP contribution in [0.1, 0.15) is 18.4 Å². The van der Waals surface area contributed by atoms with Crippen molar-refractivity contribution in [2.24, 2.45) is 5.92 Å². The van der Waals surface area contributed by atoms with Crippen molar-refractivity contribution in [3.8, 4) is 0 Å². The minimum Gasteiger partial charge on any atom is -0.397 e. The van der Waals surface area contributed by atoms with Gasteiger partial charge in [-0.05, 0) is 43.4 Å². The van der Waals surface area contributed by atoms with Gasteiger partial charge in [-0.25, -0.2) is 4.39 Å². The van der Waals surface area contributed by atoms with Gasteiger partial charge in [0.15, 0.2) is 0 Å². The molecule has 0 aromatic heterocycles. The molecule has 3 nitrogen and oxygen atoms in total. The number of rotatable bonds is 3. The second-order valence-corrected chi connectivity index (χ2v) is 5.07. The predicted octanol–water partition coefficient (Wildman–Crippen LogP) is 2.58. The first kappa shape index (κ1) is 13.1. The number of anilines is 2. The van der Waals surface area contributed by atoms with E-state index in [0.29, 0.717) is 17.2 Å². The minimum atomic E-state index is -0.235. The molecule has 1 aliphatic heterocycles. The van der Waals surface area contributed by atoms with Crippen LogP contribution in [-0.4, -0.2) is 26.8 Å². The molecule has 2 N–H and O–H groups in total. The van der Waals surface area contributed by atoms with Crippen LogP contribution in [0.2, 0.25) is 0 Å². The van der Waals surface area contributed by atoms with Crippen molar-refractivity contribution in [3.05, 3.63) is 23.5 Å². The van der Waals surface area contributed by atoms with Crippen molar-refractivity contribution in [1.29, 1.82) is 0 Å². The predicted molar refractivity (Wildman–Crippen MR) is 72.4 cm³/mol. The number of aryl methyl sites for hydroxylation is 1. The van der Waals surface area contributed by atoms with Crippen molar-refractivity contribution in [2.45, 2.75) is 19.8 Å². The lowest BCUT2D eigenvalue weighted by Gasteiger charge is -2.35. The number of hydrogen-bond donors (Lipinski definition) is 1. The Morgan fingerprint density at radius 1 is 1.50 bits per heavy atom. The zero-order valence-electron chi connectivity index (χ0n) is 11.1. The number of methoxy groups -OCH3 is 1. The summed E-state index contributed by atoms with van der Waals surface area (Å²) >= 11 is 0. The van der Waals surface area contributed by atoms with Crippen molar-refractivity contribution in [3.63, 3.8) is 0 Å². The number of halogens is 1. The molecule has 0 saturated carbocycles. The molecule has 18 heavy (non-hydrogen) atoms. The number of ether oxygens (including phenoxy) is 1. The molecule has 1 atom stereocenters. The molecular formula is C14H21FN2O. The van der Waals surface area contributed by atoms with E-state index in [1.54, 1.807) is 14.0 Å². The fourth-order valence-electron chi connectivity index (χ4n) is 2.61. The first-order valence-electron chi connectivity index (χ1n) is 6.41. The maximum absolute atomic E-state index is 13.4. The Morgan fingerprint density at radius 2 is 2.28 bits per heavy atom. The SMILES string of the molecule is COCC1CCCN(c2cc(C)c(F)cc2N)C1. The summed E-state index contributed by atoms with van der Waals surface area (Å²) in [6.07, 6.45) is 2.31. The molecule has 1 aliphatic rings. The number of benzene rings is 1. The smallest absolute Gasteiger partial charge is 0.128 e. The van der Waals surface area contributed by atoms with Gasteiger partial charge in [0, 0.05) is 20.2 Å². The third-order valence-electron chi connectivity index (χ3n) is 3.57. The number of nitrogens with zero attached hydrogens (tertiary/aromatic N) is 1. The van der Waals surface area contributed by atoms with Crippen LogP contribution in [-0.2, 0) is 4.74 Å².